The zero-order valence-corrected chi connectivity index (χ0v) is 20.7. The summed E-state index contributed by atoms with van der Waals surface area (Å²) in [5, 5.41) is 13.0. The van der Waals surface area contributed by atoms with Gasteiger partial charge in [0, 0.05) is 0 Å². The molecule has 176 valence electrons. The van der Waals surface area contributed by atoms with E-state index in [9.17, 15) is 8.42 Å². The van der Waals surface area contributed by atoms with E-state index in [2.05, 4.69) is 30.1 Å². The summed E-state index contributed by atoms with van der Waals surface area (Å²) in [7, 11) is -3.97. The van der Waals surface area contributed by atoms with Crippen molar-refractivity contribution < 1.29 is 8.42 Å². The third-order valence-corrected chi connectivity index (χ3v) is 7.54. The number of nitrogens with one attached hydrogen (secondary N) is 1. The van der Waals surface area contributed by atoms with Gasteiger partial charge in [0.15, 0.2) is 0 Å². The van der Waals surface area contributed by atoms with Gasteiger partial charge in [0.05, 0.1) is 0 Å². The molecule has 0 atom stereocenters. The number of anilines is 1. The Labute approximate surface area is 208 Å². The second-order valence-corrected chi connectivity index (χ2v) is 10.7. The molecule has 0 bridgehead atoms. The number of hydrogen-bond donors (Lipinski definition) is 3. The Morgan fingerprint density at radius 1 is 0.886 bits per heavy atom. The van der Waals surface area contributed by atoms with E-state index in [1.165, 1.54) is 24.3 Å². The van der Waals surface area contributed by atoms with E-state index >= 15 is 0 Å². The first-order chi connectivity index (χ1) is 16.9. The van der Waals surface area contributed by atoms with E-state index in [4.69, 9.17) is 11.5 Å². The standard InChI is InChI=1S/C23H20N8O2SSe/c24-22(25)31-34(32,33)19-13-11-18(12-14-19)28-29-21-20(17-9-5-2-6-10-17)27-23(35-21)30-26-15-16-7-3-1-4-8-16/h1-15H,(H,27,30)(H4,24,25,31)/b26-15+,29-28?. The number of azo groups is 1. The molecule has 12 heteroatoms. The number of rotatable bonds is 8. The molecule has 0 unspecified atom stereocenters. The topological polar surface area (TPSA) is 161 Å². The van der Waals surface area contributed by atoms with Crippen LogP contribution in [-0.2, 0) is 10.0 Å². The van der Waals surface area contributed by atoms with Gasteiger partial charge in [0.1, 0.15) is 0 Å². The molecule has 4 rings (SSSR count). The zero-order chi connectivity index (χ0) is 24.7. The number of guanidine groups is 1. The number of nitrogens with zero attached hydrogens (tertiary/aromatic N) is 5. The van der Waals surface area contributed by atoms with Gasteiger partial charge in [-0.25, -0.2) is 0 Å². The third kappa shape index (κ3) is 6.48. The van der Waals surface area contributed by atoms with Gasteiger partial charge in [-0.1, -0.05) is 0 Å². The Bertz CT molecular complexity index is 1480. The average molecular weight is 551 g/mol. The fourth-order valence-corrected chi connectivity index (χ4v) is 5.35. The monoisotopic (exact) mass is 552 g/mol. The van der Waals surface area contributed by atoms with Crippen molar-refractivity contribution in [1.82, 2.24) is 4.98 Å². The molecular weight excluding hydrogens is 531 g/mol. The van der Waals surface area contributed by atoms with Gasteiger partial charge >= 0.3 is 208 Å². The predicted molar refractivity (Wildman–Crippen MR) is 138 cm³/mol. The van der Waals surface area contributed by atoms with Crippen LogP contribution in [0.15, 0.2) is 110 Å². The molecule has 5 N–H and O–H groups in total. The van der Waals surface area contributed by atoms with Crippen LogP contribution in [-0.4, -0.2) is 40.1 Å². The van der Waals surface area contributed by atoms with Crippen LogP contribution in [0, 0.1) is 0 Å². The van der Waals surface area contributed by atoms with Gasteiger partial charge in [0.25, 0.3) is 0 Å². The van der Waals surface area contributed by atoms with E-state index in [0.29, 0.717) is 20.6 Å². The molecule has 1 heterocycles. The van der Waals surface area contributed by atoms with Crippen LogP contribution in [0.5, 0.6) is 0 Å². The molecule has 1 aromatic heterocycles. The van der Waals surface area contributed by atoms with Crippen molar-refractivity contribution in [3.63, 3.8) is 0 Å². The normalized spacial score (nSPS) is 11.7. The van der Waals surface area contributed by atoms with Crippen LogP contribution in [0.3, 0.4) is 0 Å². The summed E-state index contributed by atoms with van der Waals surface area (Å²) in [5.41, 5.74) is 16.4. The van der Waals surface area contributed by atoms with Crippen molar-refractivity contribution in [1.29, 1.82) is 0 Å². The van der Waals surface area contributed by atoms with Crippen LogP contribution < -0.4 is 16.9 Å². The molecule has 0 amide bonds. The van der Waals surface area contributed by atoms with Gasteiger partial charge in [-0.15, -0.1) is 0 Å². The second kappa shape index (κ2) is 10.9. The first-order valence-electron chi connectivity index (χ1n) is 10.2. The molecule has 0 saturated heterocycles. The molecule has 0 spiro atoms. The Morgan fingerprint density at radius 3 is 2.20 bits per heavy atom. The summed E-state index contributed by atoms with van der Waals surface area (Å²) < 4.78 is 28.9. The van der Waals surface area contributed by atoms with E-state index in [0.717, 1.165) is 11.1 Å². The van der Waals surface area contributed by atoms with Crippen molar-refractivity contribution in [2.45, 2.75) is 4.90 Å². The van der Waals surface area contributed by atoms with Crippen molar-refractivity contribution in [3.05, 3.63) is 90.5 Å². The van der Waals surface area contributed by atoms with E-state index < -0.39 is 16.0 Å². The fourth-order valence-electron chi connectivity index (χ4n) is 2.89. The summed E-state index contributed by atoms with van der Waals surface area (Å²) in [6.45, 7) is 0. The van der Waals surface area contributed by atoms with E-state index in [-0.39, 0.29) is 19.4 Å². The average Bonchev–Trinajstić information content (AvgIpc) is 3.26. The summed E-state index contributed by atoms with van der Waals surface area (Å²) in [5.74, 6) is -0.532. The molecule has 0 aliphatic carbocycles. The van der Waals surface area contributed by atoms with Gasteiger partial charge in [-0.05, 0) is 0 Å². The molecule has 0 aliphatic rings. The molecule has 0 aliphatic heterocycles. The molecule has 10 nitrogen and oxygen atoms in total. The van der Waals surface area contributed by atoms with Crippen LogP contribution in [0.25, 0.3) is 11.3 Å². The molecule has 0 fully saturated rings. The summed E-state index contributed by atoms with van der Waals surface area (Å²) in [4.78, 5) is 4.63. The van der Waals surface area contributed by atoms with Gasteiger partial charge in [0.2, 0.25) is 0 Å². The fraction of sp³-hybridized carbons (Fsp3) is 0. The van der Waals surface area contributed by atoms with Crippen LogP contribution >= 0.6 is 0 Å². The maximum atomic E-state index is 12.1. The number of nitrogens with two attached hydrogens (primary N) is 2. The molecule has 0 radical (unpaired) electrons. The van der Waals surface area contributed by atoms with Crippen LogP contribution in [0.4, 0.5) is 14.9 Å². The minimum atomic E-state index is -3.97. The Balaban J connectivity index is 1.58. The van der Waals surface area contributed by atoms with Gasteiger partial charge < -0.3 is 0 Å². The number of hydrogen-bond acceptors (Lipinski definition) is 7. The predicted octanol–water partition coefficient (Wildman–Crippen LogP) is 3.63. The van der Waals surface area contributed by atoms with Gasteiger partial charge in [-0.2, -0.15) is 0 Å². The summed E-state index contributed by atoms with van der Waals surface area (Å²) in [6.07, 6.45) is 1.72. The van der Waals surface area contributed by atoms with Crippen molar-refractivity contribution in [3.8, 4) is 11.3 Å². The quantitative estimate of drug-likeness (QED) is 0.0997. The van der Waals surface area contributed by atoms with Crippen molar-refractivity contribution in [2.24, 2.45) is 31.2 Å². The maximum absolute atomic E-state index is 12.1. The Hall–Kier alpha value is -4.12. The molecule has 3 aromatic carbocycles. The van der Waals surface area contributed by atoms with Crippen LogP contribution in [0.1, 0.15) is 5.56 Å². The number of benzene rings is 3. The minimum absolute atomic E-state index is 0.0507. The Morgan fingerprint density at radius 2 is 1.54 bits per heavy atom. The number of aromatic nitrogens is 1. The first-order valence-corrected chi connectivity index (χ1v) is 13.3. The second-order valence-electron chi connectivity index (χ2n) is 7.00. The molecule has 4 aromatic rings. The van der Waals surface area contributed by atoms with E-state index in [1.54, 1.807) is 6.21 Å². The summed E-state index contributed by atoms with van der Waals surface area (Å²) >= 11 is -0.265. The third-order valence-electron chi connectivity index (χ3n) is 4.45. The summed E-state index contributed by atoms with van der Waals surface area (Å²) in [6, 6.07) is 25.2. The SMILES string of the molecule is NC(N)=NS(=O)(=O)c1ccc(N=Nc2[se]c(N/N=C/c3ccccc3)nc2-c2ccccc2)cc1. The van der Waals surface area contributed by atoms with Gasteiger partial charge in [-0.3, -0.25) is 0 Å². The van der Waals surface area contributed by atoms with E-state index in [1.807, 2.05) is 60.7 Å². The molecular formula is C23H20N8O2SSe. The molecule has 35 heavy (non-hydrogen) atoms. The first kappa shape index (κ1) is 24.0. The van der Waals surface area contributed by atoms with Crippen LogP contribution in [0.2, 0.25) is 0 Å². The van der Waals surface area contributed by atoms with Crippen molar-refractivity contribution >= 4 is 51.6 Å². The number of sulfonamides is 1. The Kier molecular flexibility index (Phi) is 7.46. The molecule has 0 saturated carbocycles. The zero-order valence-electron chi connectivity index (χ0n) is 18.2. The van der Waals surface area contributed by atoms with Crippen molar-refractivity contribution in [2.75, 3.05) is 5.43 Å². The number of hydrazone groups is 1.